The van der Waals surface area contributed by atoms with Gasteiger partial charge in [-0.1, -0.05) is 0 Å². The molecule has 122 valence electrons. The Hall–Kier alpha value is -2.48. The molecule has 0 saturated carbocycles. The molecule has 1 aromatic heterocycles. The average molecular weight is 321 g/mol. The maximum Gasteiger partial charge on any atom is 0.222 e. The summed E-state index contributed by atoms with van der Waals surface area (Å²) >= 11 is 0. The van der Waals surface area contributed by atoms with E-state index in [0.29, 0.717) is 17.6 Å². The fourth-order valence-electron chi connectivity index (χ4n) is 2.33. The molecule has 0 amide bonds. The van der Waals surface area contributed by atoms with Crippen LogP contribution in [0.15, 0.2) is 24.3 Å². The van der Waals surface area contributed by atoms with Gasteiger partial charge >= 0.3 is 0 Å². The topological polar surface area (TPSA) is 76.3 Å². The van der Waals surface area contributed by atoms with Crippen LogP contribution in [0.1, 0.15) is 5.69 Å². The minimum absolute atomic E-state index is 0.0194. The monoisotopic (exact) mass is 321 g/mol. The summed E-state index contributed by atoms with van der Waals surface area (Å²) in [5, 5.41) is 3.17. The van der Waals surface area contributed by atoms with Crippen LogP contribution in [0.3, 0.4) is 0 Å². The minimum atomic E-state index is -0.758. The molecule has 2 aromatic rings. The Morgan fingerprint density at radius 1 is 1.30 bits per heavy atom. The molecule has 23 heavy (non-hydrogen) atoms. The maximum absolute atomic E-state index is 13.5. The number of benzene rings is 1. The van der Waals surface area contributed by atoms with Crippen LogP contribution in [-0.2, 0) is 6.61 Å². The molecule has 1 aliphatic heterocycles. The van der Waals surface area contributed by atoms with Crippen molar-refractivity contribution in [2.75, 3.05) is 30.8 Å². The molecule has 1 aliphatic rings. The van der Waals surface area contributed by atoms with Crippen molar-refractivity contribution in [3.63, 3.8) is 0 Å². The number of nitrogens with one attached hydrogen (secondary N) is 1. The lowest BCUT2D eigenvalue weighted by molar-refractivity contribution is 0.285. The minimum Gasteiger partial charge on any atom is -0.484 e. The van der Waals surface area contributed by atoms with Crippen molar-refractivity contribution in [2.24, 2.45) is 0 Å². The number of nitrogens with two attached hydrogens (primary N) is 1. The van der Waals surface area contributed by atoms with E-state index < -0.39 is 11.6 Å². The van der Waals surface area contributed by atoms with E-state index in [2.05, 4.69) is 20.2 Å². The molecule has 0 atom stereocenters. The van der Waals surface area contributed by atoms with E-state index in [-0.39, 0.29) is 18.3 Å². The van der Waals surface area contributed by atoms with Gasteiger partial charge in [0.1, 0.15) is 18.2 Å². The van der Waals surface area contributed by atoms with Gasteiger partial charge in [-0.3, -0.25) is 0 Å². The Morgan fingerprint density at radius 3 is 2.78 bits per heavy atom. The molecule has 0 aliphatic carbocycles. The van der Waals surface area contributed by atoms with Crippen LogP contribution >= 0.6 is 0 Å². The predicted molar refractivity (Wildman–Crippen MR) is 82.2 cm³/mol. The zero-order chi connectivity index (χ0) is 16.4. The van der Waals surface area contributed by atoms with Gasteiger partial charge in [0.05, 0.1) is 5.69 Å². The van der Waals surface area contributed by atoms with Crippen LogP contribution in [0.25, 0.3) is 0 Å². The van der Waals surface area contributed by atoms with Crippen LogP contribution in [0.2, 0.25) is 0 Å². The molecule has 0 radical (unpaired) electrons. The number of ether oxygens (including phenoxy) is 1. The first-order valence-corrected chi connectivity index (χ1v) is 7.18. The van der Waals surface area contributed by atoms with Gasteiger partial charge in [0.15, 0.2) is 11.6 Å². The fraction of sp³-hybridized carbons (Fsp3) is 0.333. The van der Waals surface area contributed by atoms with Gasteiger partial charge in [0.25, 0.3) is 0 Å². The highest BCUT2D eigenvalue weighted by Gasteiger charge is 2.26. The molecule has 3 rings (SSSR count). The quantitative estimate of drug-likeness (QED) is 0.865. The molecule has 1 saturated heterocycles. The molecule has 6 nitrogen and oxygen atoms in total. The van der Waals surface area contributed by atoms with Crippen molar-refractivity contribution in [3.05, 3.63) is 41.6 Å². The molecule has 8 heteroatoms. The molecule has 2 heterocycles. The van der Waals surface area contributed by atoms with E-state index in [9.17, 15) is 8.78 Å². The van der Waals surface area contributed by atoms with Gasteiger partial charge in [0, 0.05) is 31.3 Å². The average Bonchev–Trinajstić information content (AvgIpc) is 2.45. The lowest BCUT2D eigenvalue weighted by Crippen LogP contribution is -2.57. The van der Waals surface area contributed by atoms with Crippen LogP contribution in [0.5, 0.6) is 5.75 Å². The third kappa shape index (κ3) is 3.48. The van der Waals surface area contributed by atoms with E-state index in [1.165, 1.54) is 6.07 Å². The zero-order valence-corrected chi connectivity index (χ0v) is 12.6. The standard InChI is InChI=1S/C15H17F2N5O/c1-19-11-6-22(7-11)14-5-10(20-15(18)21-14)8-23-13-3-2-9(16)4-12(13)17/h2-5,11,19H,6-8H2,1H3,(H2,18,20,21). The number of nitrogen functional groups attached to an aromatic ring is 1. The van der Waals surface area contributed by atoms with E-state index in [4.69, 9.17) is 10.5 Å². The number of halogens is 2. The molecular weight excluding hydrogens is 304 g/mol. The Morgan fingerprint density at radius 2 is 2.09 bits per heavy atom. The number of nitrogens with zero attached hydrogens (tertiary/aromatic N) is 3. The zero-order valence-electron chi connectivity index (χ0n) is 12.6. The largest absolute Gasteiger partial charge is 0.484 e. The molecule has 0 bridgehead atoms. The second-order valence-electron chi connectivity index (χ2n) is 5.33. The summed E-state index contributed by atoms with van der Waals surface area (Å²) in [6.07, 6.45) is 0. The van der Waals surface area contributed by atoms with Gasteiger partial charge in [-0.15, -0.1) is 0 Å². The van der Waals surface area contributed by atoms with Crippen molar-refractivity contribution in [1.29, 1.82) is 0 Å². The first kappa shape index (κ1) is 15.4. The Bertz CT molecular complexity index is 706. The number of aromatic nitrogens is 2. The van der Waals surface area contributed by atoms with Crippen LogP contribution < -0.4 is 20.7 Å². The lowest BCUT2D eigenvalue weighted by atomic mass is 10.1. The van der Waals surface area contributed by atoms with Gasteiger partial charge in [-0.2, -0.15) is 4.98 Å². The summed E-state index contributed by atoms with van der Waals surface area (Å²) in [5.74, 6) is -0.604. The molecule has 1 aromatic carbocycles. The Kier molecular flexibility index (Phi) is 4.24. The van der Waals surface area contributed by atoms with Gasteiger partial charge < -0.3 is 20.7 Å². The van der Waals surface area contributed by atoms with Crippen LogP contribution in [-0.4, -0.2) is 36.1 Å². The second kappa shape index (κ2) is 6.33. The highest BCUT2D eigenvalue weighted by Crippen LogP contribution is 2.22. The van der Waals surface area contributed by atoms with Crippen molar-refractivity contribution in [2.45, 2.75) is 12.6 Å². The number of anilines is 2. The molecule has 0 unspecified atom stereocenters. The summed E-state index contributed by atoms with van der Waals surface area (Å²) in [5.41, 5.74) is 6.25. The summed E-state index contributed by atoms with van der Waals surface area (Å²) in [6, 6.07) is 5.33. The predicted octanol–water partition coefficient (Wildman–Crippen LogP) is 1.32. The summed E-state index contributed by atoms with van der Waals surface area (Å²) in [7, 11) is 1.91. The van der Waals surface area contributed by atoms with Crippen molar-refractivity contribution < 1.29 is 13.5 Å². The fourth-order valence-corrected chi connectivity index (χ4v) is 2.33. The Balaban J connectivity index is 1.69. The van der Waals surface area contributed by atoms with E-state index in [0.717, 1.165) is 25.2 Å². The first-order chi connectivity index (χ1) is 11.0. The number of likely N-dealkylation sites (N-methyl/N-ethyl adjacent to an activating group) is 1. The first-order valence-electron chi connectivity index (χ1n) is 7.18. The van der Waals surface area contributed by atoms with E-state index >= 15 is 0 Å². The number of rotatable bonds is 5. The van der Waals surface area contributed by atoms with Crippen molar-refractivity contribution >= 4 is 11.8 Å². The summed E-state index contributed by atoms with van der Waals surface area (Å²) < 4.78 is 31.8. The normalized spacial score (nSPS) is 14.7. The number of hydrogen-bond donors (Lipinski definition) is 2. The maximum atomic E-state index is 13.5. The lowest BCUT2D eigenvalue weighted by Gasteiger charge is -2.40. The smallest absolute Gasteiger partial charge is 0.222 e. The molecule has 0 spiro atoms. The third-order valence-corrected chi connectivity index (χ3v) is 3.67. The second-order valence-corrected chi connectivity index (χ2v) is 5.33. The highest BCUT2D eigenvalue weighted by atomic mass is 19.1. The molecule has 1 fully saturated rings. The van der Waals surface area contributed by atoms with E-state index in [1.54, 1.807) is 6.07 Å². The van der Waals surface area contributed by atoms with Crippen LogP contribution in [0, 0.1) is 11.6 Å². The molecule has 3 N–H and O–H groups in total. The molecular formula is C15H17F2N5O. The number of hydrogen-bond acceptors (Lipinski definition) is 6. The highest BCUT2D eigenvalue weighted by molar-refractivity contribution is 5.46. The summed E-state index contributed by atoms with van der Waals surface area (Å²) in [6.45, 7) is 1.69. The van der Waals surface area contributed by atoms with Crippen LogP contribution in [0.4, 0.5) is 20.5 Å². The van der Waals surface area contributed by atoms with Crippen molar-refractivity contribution in [1.82, 2.24) is 15.3 Å². The Labute approximate surface area is 132 Å². The van der Waals surface area contributed by atoms with Crippen molar-refractivity contribution in [3.8, 4) is 5.75 Å². The SMILES string of the molecule is CNC1CN(c2cc(COc3ccc(F)cc3F)nc(N)n2)C1. The van der Waals surface area contributed by atoms with Gasteiger partial charge in [0.2, 0.25) is 5.95 Å². The van der Waals surface area contributed by atoms with E-state index in [1.807, 2.05) is 7.05 Å². The van der Waals surface area contributed by atoms with Gasteiger partial charge in [-0.05, 0) is 19.2 Å². The van der Waals surface area contributed by atoms with Gasteiger partial charge in [-0.25, -0.2) is 13.8 Å². The third-order valence-electron chi connectivity index (χ3n) is 3.67. The summed E-state index contributed by atoms with van der Waals surface area (Å²) in [4.78, 5) is 10.3.